The molecule has 0 aliphatic rings. The molecular weight excluding hydrogens is 312 g/mol. The molecule has 0 aliphatic heterocycles. The molecule has 100 valence electrons. The quantitative estimate of drug-likeness (QED) is 0.887. The Bertz CT molecular complexity index is 621. The van der Waals surface area contributed by atoms with Gasteiger partial charge in [-0.15, -0.1) is 0 Å². The summed E-state index contributed by atoms with van der Waals surface area (Å²) in [5.41, 5.74) is 0.671. The predicted molar refractivity (Wildman–Crippen MR) is 73.5 cm³/mol. The molecule has 0 aromatic carbocycles. The third-order valence-electron chi connectivity index (χ3n) is 2.66. The summed E-state index contributed by atoms with van der Waals surface area (Å²) < 4.78 is 2.10. The maximum absolute atomic E-state index is 11.9. The molecule has 0 saturated heterocycles. The number of aromatic amines is 1. The van der Waals surface area contributed by atoms with Gasteiger partial charge in [-0.25, -0.2) is 0 Å². The van der Waals surface area contributed by atoms with E-state index in [1.54, 1.807) is 24.7 Å². The average Bonchev–Trinajstić information content (AvgIpc) is 2.87. The maximum Gasteiger partial charge on any atom is 0.251 e. The van der Waals surface area contributed by atoms with Crippen LogP contribution in [-0.2, 0) is 11.3 Å². The Labute approximate surface area is 118 Å². The van der Waals surface area contributed by atoms with E-state index in [0.717, 1.165) is 10.0 Å². The Balaban J connectivity index is 2.02. The Hall–Kier alpha value is -1.89. The zero-order chi connectivity index (χ0) is 13.8. The fourth-order valence-corrected chi connectivity index (χ4v) is 2.03. The molecule has 0 fully saturated rings. The molecule has 0 radical (unpaired) electrons. The summed E-state index contributed by atoms with van der Waals surface area (Å²) in [6, 6.07) is 2.90. The highest BCUT2D eigenvalue weighted by Crippen LogP contribution is 2.09. The lowest BCUT2D eigenvalue weighted by Gasteiger charge is -2.12. The van der Waals surface area contributed by atoms with Crippen LogP contribution in [0.5, 0.6) is 0 Å². The number of hydrogen-bond donors (Lipinski definition) is 2. The molecule has 2 heterocycles. The molecule has 1 atom stereocenters. The minimum atomic E-state index is -0.228. The first-order chi connectivity index (χ1) is 9.06. The number of amides is 1. The van der Waals surface area contributed by atoms with E-state index < -0.39 is 0 Å². The van der Waals surface area contributed by atoms with Crippen molar-refractivity contribution in [1.29, 1.82) is 0 Å². The number of carbonyl (C=O) groups excluding carboxylic acids is 1. The highest BCUT2D eigenvalue weighted by atomic mass is 79.9. The number of aromatic nitrogens is 3. The Morgan fingerprint density at radius 3 is 3.05 bits per heavy atom. The second-order valence-corrected chi connectivity index (χ2v) is 5.05. The molecule has 0 bridgehead atoms. The zero-order valence-electron chi connectivity index (χ0n) is 10.3. The van der Waals surface area contributed by atoms with E-state index >= 15 is 0 Å². The van der Waals surface area contributed by atoms with Crippen molar-refractivity contribution < 1.29 is 4.79 Å². The zero-order valence-corrected chi connectivity index (χ0v) is 11.8. The minimum absolute atomic E-state index is 0.0134. The third kappa shape index (κ3) is 3.54. The molecule has 0 spiro atoms. The van der Waals surface area contributed by atoms with Crippen molar-refractivity contribution in [3.05, 3.63) is 51.1 Å². The average molecular weight is 325 g/mol. The number of rotatable bonds is 4. The van der Waals surface area contributed by atoms with Gasteiger partial charge in [-0.1, -0.05) is 0 Å². The molecule has 1 unspecified atom stereocenters. The number of pyridine rings is 1. The molecule has 0 aliphatic carbocycles. The van der Waals surface area contributed by atoms with Crippen LogP contribution in [0.2, 0.25) is 0 Å². The van der Waals surface area contributed by atoms with Crippen LogP contribution in [0.1, 0.15) is 18.5 Å². The van der Waals surface area contributed by atoms with Crippen LogP contribution in [-0.4, -0.2) is 20.7 Å². The Morgan fingerprint density at radius 2 is 2.37 bits per heavy atom. The van der Waals surface area contributed by atoms with E-state index in [9.17, 15) is 9.59 Å². The molecule has 6 nitrogen and oxygen atoms in total. The lowest BCUT2D eigenvalue weighted by Crippen LogP contribution is -2.33. The molecule has 2 rings (SSSR count). The van der Waals surface area contributed by atoms with Crippen LogP contribution in [0.25, 0.3) is 0 Å². The van der Waals surface area contributed by atoms with Crippen LogP contribution >= 0.6 is 15.9 Å². The monoisotopic (exact) mass is 324 g/mol. The molecule has 7 heteroatoms. The van der Waals surface area contributed by atoms with Gasteiger partial charge >= 0.3 is 0 Å². The van der Waals surface area contributed by atoms with Crippen molar-refractivity contribution in [2.45, 2.75) is 19.5 Å². The van der Waals surface area contributed by atoms with E-state index in [-0.39, 0.29) is 24.1 Å². The second kappa shape index (κ2) is 5.83. The van der Waals surface area contributed by atoms with E-state index in [2.05, 4.69) is 31.4 Å². The van der Waals surface area contributed by atoms with Gasteiger partial charge in [0.25, 0.3) is 5.56 Å². The molecule has 19 heavy (non-hydrogen) atoms. The van der Waals surface area contributed by atoms with Gasteiger partial charge in [0.1, 0.15) is 6.54 Å². The smallest absolute Gasteiger partial charge is 0.251 e. The van der Waals surface area contributed by atoms with Gasteiger partial charge in [0.15, 0.2) is 0 Å². The minimum Gasteiger partial charge on any atom is -0.348 e. The molecular formula is C12H13BrN4O2. The molecule has 2 aromatic heterocycles. The summed E-state index contributed by atoms with van der Waals surface area (Å²) in [5, 5.41) is 9.31. The van der Waals surface area contributed by atoms with Gasteiger partial charge in [0, 0.05) is 28.5 Å². The summed E-state index contributed by atoms with van der Waals surface area (Å²) in [5.74, 6) is -0.228. The predicted octanol–water partition coefficient (Wildman–Crippen LogP) is 1.21. The highest BCUT2D eigenvalue weighted by Gasteiger charge is 2.11. The van der Waals surface area contributed by atoms with E-state index in [4.69, 9.17) is 0 Å². The fourth-order valence-electron chi connectivity index (χ4n) is 1.65. The second-order valence-electron chi connectivity index (χ2n) is 4.13. The first-order valence-electron chi connectivity index (χ1n) is 5.70. The lowest BCUT2D eigenvalue weighted by atomic mass is 10.2. The number of nitrogens with zero attached hydrogens (tertiary/aromatic N) is 2. The van der Waals surface area contributed by atoms with E-state index in [0.29, 0.717) is 0 Å². The van der Waals surface area contributed by atoms with Crippen LogP contribution in [0, 0.1) is 0 Å². The van der Waals surface area contributed by atoms with Crippen LogP contribution in [0.4, 0.5) is 0 Å². The SMILES string of the molecule is CC(NC(=O)Cn1cc(Br)ccc1=O)c1cn[nH]c1. The summed E-state index contributed by atoms with van der Waals surface area (Å²) in [6.07, 6.45) is 4.96. The van der Waals surface area contributed by atoms with E-state index in [1.807, 2.05) is 6.92 Å². The summed E-state index contributed by atoms with van der Waals surface area (Å²) in [7, 11) is 0. The summed E-state index contributed by atoms with van der Waals surface area (Å²) >= 11 is 3.26. The Morgan fingerprint density at radius 1 is 1.58 bits per heavy atom. The molecule has 0 saturated carbocycles. The molecule has 1 amide bonds. The largest absolute Gasteiger partial charge is 0.348 e. The van der Waals surface area contributed by atoms with Gasteiger partial charge in [-0.3, -0.25) is 14.7 Å². The number of H-pyrrole nitrogens is 1. The number of halogens is 1. The topological polar surface area (TPSA) is 79.8 Å². The maximum atomic E-state index is 11.9. The van der Waals surface area contributed by atoms with E-state index in [1.165, 1.54) is 10.6 Å². The van der Waals surface area contributed by atoms with Crippen LogP contribution in [0.15, 0.2) is 40.0 Å². The van der Waals surface area contributed by atoms with Gasteiger partial charge in [0.05, 0.1) is 12.2 Å². The van der Waals surface area contributed by atoms with Gasteiger partial charge in [0.2, 0.25) is 5.91 Å². The number of carbonyl (C=O) groups is 1. The number of hydrogen-bond acceptors (Lipinski definition) is 3. The first kappa shape index (κ1) is 13.5. The number of nitrogens with one attached hydrogen (secondary N) is 2. The fraction of sp³-hybridized carbons (Fsp3) is 0.250. The third-order valence-corrected chi connectivity index (χ3v) is 3.13. The molecule has 2 N–H and O–H groups in total. The van der Waals surface area contributed by atoms with Crippen LogP contribution in [0.3, 0.4) is 0 Å². The Kier molecular flexibility index (Phi) is 4.16. The van der Waals surface area contributed by atoms with Gasteiger partial charge < -0.3 is 9.88 Å². The normalized spacial score (nSPS) is 12.1. The van der Waals surface area contributed by atoms with Crippen LogP contribution < -0.4 is 10.9 Å². The lowest BCUT2D eigenvalue weighted by molar-refractivity contribution is -0.122. The van der Waals surface area contributed by atoms with Gasteiger partial charge in [-0.05, 0) is 28.9 Å². The van der Waals surface area contributed by atoms with Crippen molar-refractivity contribution in [3.63, 3.8) is 0 Å². The van der Waals surface area contributed by atoms with Crippen molar-refractivity contribution in [3.8, 4) is 0 Å². The summed E-state index contributed by atoms with van der Waals surface area (Å²) in [6.45, 7) is 1.84. The van der Waals surface area contributed by atoms with Crippen molar-refractivity contribution in [2.75, 3.05) is 0 Å². The van der Waals surface area contributed by atoms with Crippen molar-refractivity contribution in [1.82, 2.24) is 20.1 Å². The summed E-state index contributed by atoms with van der Waals surface area (Å²) in [4.78, 5) is 23.4. The highest BCUT2D eigenvalue weighted by molar-refractivity contribution is 9.10. The molecule has 2 aromatic rings. The van der Waals surface area contributed by atoms with Crippen molar-refractivity contribution in [2.24, 2.45) is 0 Å². The van der Waals surface area contributed by atoms with Crippen molar-refractivity contribution >= 4 is 21.8 Å². The first-order valence-corrected chi connectivity index (χ1v) is 6.49. The standard InChI is InChI=1S/C12H13BrN4O2/c1-8(9-4-14-15-5-9)16-11(18)7-17-6-10(13)2-3-12(17)19/h2-6,8H,7H2,1H3,(H,14,15)(H,16,18). The van der Waals surface area contributed by atoms with Gasteiger partial charge in [-0.2, -0.15) is 5.10 Å².